The molecule has 1 aromatic heterocycles. The number of hydrogen-bond donors (Lipinski definition) is 1. The molecule has 1 fully saturated rings. The van der Waals surface area contributed by atoms with Crippen LogP contribution in [0.25, 0.3) is 11.8 Å². The highest BCUT2D eigenvalue weighted by Crippen LogP contribution is 2.19. The predicted octanol–water partition coefficient (Wildman–Crippen LogP) is 1.60. The average molecular weight is 368 g/mol. The Morgan fingerprint density at radius 2 is 2.00 bits per heavy atom. The van der Waals surface area contributed by atoms with Crippen molar-refractivity contribution < 1.29 is 19.1 Å². The molecule has 0 unspecified atom stereocenters. The molecule has 1 aliphatic rings. The molecule has 8 nitrogen and oxygen atoms in total. The van der Waals surface area contributed by atoms with Gasteiger partial charge in [0.05, 0.1) is 11.4 Å². The van der Waals surface area contributed by atoms with Gasteiger partial charge in [-0.2, -0.15) is 5.10 Å². The van der Waals surface area contributed by atoms with Gasteiger partial charge in [-0.3, -0.25) is 9.69 Å². The molecular formula is C19H20N4O4. The van der Waals surface area contributed by atoms with E-state index in [1.54, 1.807) is 10.8 Å². The van der Waals surface area contributed by atoms with Crippen molar-refractivity contribution >= 4 is 24.0 Å². The van der Waals surface area contributed by atoms with Crippen LogP contribution in [-0.2, 0) is 14.3 Å². The van der Waals surface area contributed by atoms with E-state index in [1.807, 2.05) is 44.2 Å². The molecule has 1 saturated heterocycles. The second-order valence-corrected chi connectivity index (χ2v) is 6.05. The van der Waals surface area contributed by atoms with Gasteiger partial charge in [0.2, 0.25) is 0 Å². The molecule has 0 radical (unpaired) electrons. The number of para-hydroxylation sites is 1. The van der Waals surface area contributed by atoms with Crippen molar-refractivity contribution in [2.75, 3.05) is 19.7 Å². The molecule has 1 aromatic carbocycles. The van der Waals surface area contributed by atoms with Crippen molar-refractivity contribution in [3.63, 3.8) is 0 Å². The average Bonchev–Trinajstić information content (AvgIpc) is 3.22. The zero-order valence-electron chi connectivity index (χ0n) is 15.1. The summed E-state index contributed by atoms with van der Waals surface area (Å²) in [4.78, 5) is 36.2. The van der Waals surface area contributed by atoms with E-state index in [2.05, 4.69) is 10.4 Å². The summed E-state index contributed by atoms with van der Waals surface area (Å²) in [6, 6.07) is 9.21. The van der Waals surface area contributed by atoms with Crippen LogP contribution in [0.5, 0.6) is 0 Å². The lowest BCUT2D eigenvalue weighted by Crippen LogP contribution is -2.37. The first kappa shape index (κ1) is 18.4. The fourth-order valence-corrected chi connectivity index (χ4v) is 2.84. The topological polar surface area (TPSA) is 93.5 Å². The van der Waals surface area contributed by atoms with Crippen molar-refractivity contribution in [1.82, 2.24) is 20.0 Å². The summed E-state index contributed by atoms with van der Waals surface area (Å²) in [5.41, 5.74) is 3.38. The highest BCUT2D eigenvalue weighted by atomic mass is 16.5. The van der Waals surface area contributed by atoms with Gasteiger partial charge in [0.1, 0.15) is 0 Å². The molecule has 0 saturated carbocycles. The molecule has 0 aliphatic carbocycles. The van der Waals surface area contributed by atoms with Crippen LogP contribution in [0.1, 0.15) is 17.0 Å². The number of carbonyl (C=O) groups is 3. The normalized spacial score (nSPS) is 13.9. The maximum Gasteiger partial charge on any atom is 0.331 e. The van der Waals surface area contributed by atoms with Gasteiger partial charge in [-0.1, -0.05) is 18.2 Å². The Balaban J connectivity index is 1.64. The first-order valence-electron chi connectivity index (χ1n) is 8.52. The lowest BCUT2D eigenvalue weighted by molar-refractivity contribution is -0.146. The summed E-state index contributed by atoms with van der Waals surface area (Å²) in [5.74, 6) is -1.20. The van der Waals surface area contributed by atoms with Crippen LogP contribution in [0, 0.1) is 13.8 Å². The van der Waals surface area contributed by atoms with Gasteiger partial charge in [-0.25, -0.2) is 14.3 Å². The van der Waals surface area contributed by atoms with Gasteiger partial charge in [0.15, 0.2) is 6.61 Å². The zero-order valence-corrected chi connectivity index (χ0v) is 15.1. The summed E-state index contributed by atoms with van der Waals surface area (Å²) in [6.45, 7) is 3.98. The molecule has 0 spiro atoms. The number of urea groups is 1. The number of aryl methyl sites for hydroxylation is 1. The number of benzene rings is 1. The Hall–Kier alpha value is -3.42. The summed E-state index contributed by atoms with van der Waals surface area (Å²) in [5, 5.41) is 7.02. The van der Waals surface area contributed by atoms with E-state index in [0.717, 1.165) is 27.5 Å². The van der Waals surface area contributed by atoms with Gasteiger partial charge >= 0.3 is 12.0 Å². The standard InChI is InChI=1S/C19H20N4O4/c1-13-16(14(2)23(21-13)15-6-4-3-5-7-15)8-9-18(25)27-12-17(24)22-11-10-20-19(22)26/h3-9H,10-12H2,1-2H3,(H,20,26)/b9-8+. The Kier molecular flexibility index (Phi) is 5.35. The van der Waals surface area contributed by atoms with Crippen LogP contribution in [0.3, 0.4) is 0 Å². The first-order valence-corrected chi connectivity index (χ1v) is 8.52. The van der Waals surface area contributed by atoms with E-state index < -0.39 is 24.5 Å². The molecule has 27 heavy (non-hydrogen) atoms. The minimum absolute atomic E-state index is 0.280. The number of nitrogens with one attached hydrogen (secondary N) is 1. The molecule has 0 atom stereocenters. The first-order chi connectivity index (χ1) is 13.0. The number of imide groups is 1. The summed E-state index contributed by atoms with van der Waals surface area (Å²) < 4.78 is 6.73. The van der Waals surface area contributed by atoms with E-state index in [-0.39, 0.29) is 6.54 Å². The highest BCUT2D eigenvalue weighted by molar-refractivity contribution is 5.97. The molecule has 1 aliphatic heterocycles. The van der Waals surface area contributed by atoms with Crippen LogP contribution in [0.4, 0.5) is 4.79 Å². The Morgan fingerprint density at radius 1 is 1.26 bits per heavy atom. The van der Waals surface area contributed by atoms with E-state index in [0.29, 0.717) is 6.54 Å². The van der Waals surface area contributed by atoms with Gasteiger partial charge in [-0.15, -0.1) is 0 Å². The fourth-order valence-electron chi connectivity index (χ4n) is 2.84. The Bertz CT molecular complexity index is 902. The predicted molar refractivity (Wildman–Crippen MR) is 98.1 cm³/mol. The third-order valence-corrected chi connectivity index (χ3v) is 4.23. The minimum atomic E-state index is -0.658. The monoisotopic (exact) mass is 368 g/mol. The quantitative estimate of drug-likeness (QED) is 0.639. The third kappa shape index (κ3) is 4.05. The second-order valence-electron chi connectivity index (χ2n) is 6.05. The summed E-state index contributed by atoms with van der Waals surface area (Å²) >= 11 is 0. The van der Waals surface area contributed by atoms with Crippen molar-refractivity contribution in [2.45, 2.75) is 13.8 Å². The number of carbonyl (C=O) groups excluding carboxylic acids is 3. The number of rotatable bonds is 5. The molecular weight excluding hydrogens is 348 g/mol. The molecule has 3 amide bonds. The molecule has 2 heterocycles. The van der Waals surface area contributed by atoms with Crippen LogP contribution in [-0.4, -0.2) is 52.3 Å². The van der Waals surface area contributed by atoms with Gasteiger partial charge < -0.3 is 10.1 Å². The molecule has 0 bridgehead atoms. The second kappa shape index (κ2) is 7.86. The lowest BCUT2D eigenvalue weighted by Gasteiger charge is -2.11. The number of aromatic nitrogens is 2. The van der Waals surface area contributed by atoms with Crippen LogP contribution < -0.4 is 5.32 Å². The minimum Gasteiger partial charge on any atom is -0.452 e. The van der Waals surface area contributed by atoms with Crippen LogP contribution >= 0.6 is 0 Å². The van der Waals surface area contributed by atoms with Gasteiger partial charge in [-0.05, 0) is 32.1 Å². The molecule has 3 rings (SSSR count). The van der Waals surface area contributed by atoms with E-state index >= 15 is 0 Å². The molecule has 140 valence electrons. The largest absolute Gasteiger partial charge is 0.452 e. The van der Waals surface area contributed by atoms with Crippen molar-refractivity contribution in [3.8, 4) is 5.69 Å². The van der Waals surface area contributed by atoms with Crippen LogP contribution in [0.2, 0.25) is 0 Å². The van der Waals surface area contributed by atoms with E-state index in [1.165, 1.54) is 6.08 Å². The van der Waals surface area contributed by atoms with E-state index in [4.69, 9.17) is 4.74 Å². The number of ether oxygens (including phenoxy) is 1. The van der Waals surface area contributed by atoms with Crippen LogP contribution in [0.15, 0.2) is 36.4 Å². The maximum absolute atomic E-state index is 11.9. The van der Waals surface area contributed by atoms with Crippen molar-refractivity contribution in [3.05, 3.63) is 53.4 Å². The smallest absolute Gasteiger partial charge is 0.331 e. The molecule has 1 N–H and O–H groups in total. The van der Waals surface area contributed by atoms with Crippen molar-refractivity contribution in [1.29, 1.82) is 0 Å². The third-order valence-electron chi connectivity index (χ3n) is 4.23. The number of nitrogens with zero attached hydrogens (tertiary/aromatic N) is 3. The SMILES string of the molecule is Cc1nn(-c2ccccc2)c(C)c1/C=C/C(=O)OCC(=O)N1CCNC1=O. The van der Waals surface area contributed by atoms with Gasteiger partial charge in [0, 0.05) is 30.4 Å². The summed E-state index contributed by atoms with van der Waals surface area (Å²) in [7, 11) is 0. The highest BCUT2D eigenvalue weighted by Gasteiger charge is 2.26. The number of hydrogen-bond acceptors (Lipinski definition) is 5. The maximum atomic E-state index is 11.9. The zero-order chi connectivity index (χ0) is 19.4. The molecule has 8 heteroatoms. The lowest BCUT2D eigenvalue weighted by atomic mass is 10.2. The number of esters is 1. The Labute approximate surface area is 156 Å². The number of amides is 3. The summed E-state index contributed by atoms with van der Waals surface area (Å²) in [6.07, 6.45) is 2.87. The molecule has 2 aromatic rings. The van der Waals surface area contributed by atoms with Crippen molar-refractivity contribution in [2.24, 2.45) is 0 Å². The van der Waals surface area contributed by atoms with E-state index in [9.17, 15) is 14.4 Å². The fraction of sp³-hybridized carbons (Fsp3) is 0.263. The van der Waals surface area contributed by atoms with Gasteiger partial charge in [0.25, 0.3) is 5.91 Å². The Morgan fingerprint density at radius 3 is 2.67 bits per heavy atom.